The van der Waals surface area contributed by atoms with Crippen LogP contribution in [0.4, 0.5) is 0 Å². The van der Waals surface area contributed by atoms with Crippen LogP contribution >= 0.6 is 23.2 Å². The molecule has 1 aliphatic rings. The Morgan fingerprint density at radius 2 is 2.26 bits per heavy atom. The summed E-state index contributed by atoms with van der Waals surface area (Å²) in [5, 5.41) is 4.45. The number of piperidine rings is 1. The number of hydrogen-bond acceptors (Lipinski definition) is 3. The van der Waals surface area contributed by atoms with Crippen LogP contribution < -0.4 is 5.32 Å². The van der Waals surface area contributed by atoms with E-state index in [4.69, 9.17) is 23.2 Å². The number of halogens is 2. The van der Waals surface area contributed by atoms with E-state index in [0.717, 1.165) is 38.2 Å². The molecule has 0 aliphatic carbocycles. The van der Waals surface area contributed by atoms with Crippen molar-refractivity contribution in [2.24, 2.45) is 0 Å². The zero-order valence-corrected chi connectivity index (χ0v) is 12.8. The minimum atomic E-state index is 0.454. The van der Waals surface area contributed by atoms with E-state index in [0.29, 0.717) is 16.3 Å². The van der Waals surface area contributed by atoms with Gasteiger partial charge in [-0.05, 0) is 38.4 Å². The minimum absolute atomic E-state index is 0.454. The highest BCUT2D eigenvalue weighted by Gasteiger charge is 2.21. The third-order valence-corrected chi connectivity index (χ3v) is 4.10. The first-order valence-corrected chi connectivity index (χ1v) is 7.72. The summed E-state index contributed by atoms with van der Waals surface area (Å²) in [6.07, 6.45) is 3.65. The highest BCUT2D eigenvalue weighted by atomic mass is 35.5. The lowest BCUT2D eigenvalue weighted by Crippen LogP contribution is -2.45. The Kier molecular flexibility index (Phi) is 5.89. The Bertz CT molecular complexity index is 406. The molecular weight excluding hydrogens is 281 g/mol. The molecule has 1 aliphatic heterocycles. The van der Waals surface area contributed by atoms with Crippen LogP contribution in [0.5, 0.6) is 0 Å². The molecule has 1 aromatic heterocycles. The van der Waals surface area contributed by atoms with Crippen molar-refractivity contribution in [2.45, 2.75) is 38.8 Å². The number of hydrogen-bond donors (Lipinski definition) is 1. The van der Waals surface area contributed by atoms with Crippen molar-refractivity contribution in [3.63, 3.8) is 0 Å². The van der Waals surface area contributed by atoms with Crippen molar-refractivity contribution >= 4 is 23.2 Å². The summed E-state index contributed by atoms with van der Waals surface area (Å²) < 4.78 is 0. The molecule has 1 saturated heterocycles. The van der Waals surface area contributed by atoms with E-state index < -0.39 is 0 Å². The zero-order valence-electron chi connectivity index (χ0n) is 11.3. The van der Waals surface area contributed by atoms with Gasteiger partial charge in [0.2, 0.25) is 0 Å². The Morgan fingerprint density at radius 3 is 2.89 bits per heavy atom. The standard InChI is InChI=1S/C14H21Cl2N3/c1-2-8-19(12-4-3-7-17-9-12)10-11-5-6-13(15)18-14(11)16/h5-6,12,17H,2-4,7-10H2,1H3. The maximum Gasteiger partial charge on any atom is 0.135 e. The van der Waals surface area contributed by atoms with Crippen molar-refractivity contribution in [1.29, 1.82) is 0 Å². The normalized spacial score (nSPS) is 19.9. The van der Waals surface area contributed by atoms with Gasteiger partial charge in [0.05, 0.1) is 0 Å². The molecule has 106 valence electrons. The molecule has 3 nitrogen and oxygen atoms in total. The lowest BCUT2D eigenvalue weighted by Gasteiger charge is -2.34. The number of pyridine rings is 1. The number of aromatic nitrogens is 1. The van der Waals surface area contributed by atoms with E-state index in [2.05, 4.69) is 22.1 Å². The number of nitrogens with one attached hydrogen (secondary N) is 1. The molecule has 2 heterocycles. The van der Waals surface area contributed by atoms with Crippen LogP contribution in [0.25, 0.3) is 0 Å². The molecule has 0 spiro atoms. The van der Waals surface area contributed by atoms with Gasteiger partial charge < -0.3 is 5.32 Å². The molecule has 0 aromatic carbocycles. The van der Waals surface area contributed by atoms with Crippen molar-refractivity contribution in [3.05, 3.63) is 28.0 Å². The predicted molar refractivity (Wildman–Crippen MR) is 80.8 cm³/mol. The van der Waals surface area contributed by atoms with E-state index in [1.54, 1.807) is 0 Å². The van der Waals surface area contributed by atoms with E-state index >= 15 is 0 Å². The first-order chi connectivity index (χ1) is 9.20. The molecule has 0 saturated carbocycles. The van der Waals surface area contributed by atoms with Crippen LogP contribution in [0.1, 0.15) is 31.7 Å². The maximum absolute atomic E-state index is 6.17. The summed E-state index contributed by atoms with van der Waals surface area (Å²) in [7, 11) is 0. The van der Waals surface area contributed by atoms with Gasteiger partial charge in [0.1, 0.15) is 10.3 Å². The van der Waals surface area contributed by atoms with Crippen LogP contribution in [0.2, 0.25) is 10.3 Å². The van der Waals surface area contributed by atoms with Crippen molar-refractivity contribution in [3.8, 4) is 0 Å². The Hall–Kier alpha value is -0.350. The van der Waals surface area contributed by atoms with E-state index in [1.807, 2.05) is 12.1 Å². The zero-order chi connectivity index (χ0) is 13.7. The largest absolute Gasteiger partial charge is 0.315 e. The minimum Gasteiger partial charge on any atom is -0.315 e. The van der Waals surface area contributed by atoms with Crippen LogP contribution in [0.15, 0.2) is 12.1 Å². The third-order valence-electron chi connectivity index (χ3n) is 3.56. The molecular formula is C14H21Cl2N3. The van der Waals surface area contributed by atoms with Crippen LogP contribution in [0, 0.1) is 0 Å². The lowest BCUT2D eigenvalue weighted by atomic mass is 10.0. The van der Waals surface area contributed by atoms with Gasteiger partial charge in [-0.3, -0.25) is 4.90 Å². The fraction of sp³-hybridized carbons (Fsp3) is 0.643. The van der Waals surface area contributed by atoms with Gasteiger partial charge >= 0.3 is 0 Å². The fourth-order valence-electron chi connectivity index (χ4n) is 2.60. The van der Waals surface area contributed by atoms with Crippen molar-refractivity contribution < 1.29 is 0 Å². The maximum atomic E-state index is 6.17. The molecule has 2 rings (SSSR count). The average Bonchev–Trinajstić information content (AvgIpc) is 2.42. The Balaban J connectivity index is 2.06. The predicted octanol–water partition coefficient (Wildman–Crippen LogP) is 3.35. The summed E-state index contributed by atoms with van der Waals surface area (Å²) in [5.41, 5.74) is 1.06. The van der Waals surface area contributed by atoms with Gasteiger partial charge in [0.25, 0.3) is 0 Å². The molecule has 1 unspecified atom stereocenters. The first-order valence-electron chi connectivity index (χ1n) is 6.96. The van der Waals surface area contributed by atoms with Crippen LogP contribution in [-0.4, -0.2) is 35.6 Å². The van der Waals surface area contributed by atoms with Crippen LogP contribution in [-0.2, 0) is 6.54 Å². The summed E-state index contributed by atoms with van der Waals surface area (Å²) in [6, 6.07) is 4.39. The van der Waals surface area contributed by atoms with Crippen molar-refractivity contribution in [2.75, 3.05) is 19.6 Å². The van der Waals surface area contributed by atoms with Gasteiger partial charge in [0.15, 0.2) is 0 Å². The molecule has 1 fully saturated rings. The summed E-state index contributed by atoms with van der Waals surface area (Å²) >= 11 is 12.0. The Labute approximate surface area is 125 Å². The lowest BCUT2D eigenvalue weighted by molar-refractivity contribution is 0.158. The number of rotatable bonds is 5. The highest BCUT2D eigenvalue weighted by Crippen LogP contribution is 2.21. The number of nitrogens with zero attached hydrogens (tertiary/aromatic N) is 2. The molecule has 0 amide bonds. The second kappa shape index (κ2) is 7.44. The second-order valence-electron chi connectivity index (χ2n) is 5.05. The molecule has 19 heavy (non-hydrogen) atoms. The topological polar surface area (TPSA) is 28.2 Å². The smallest absolute Gasteiger partial charge is 0.135 e. The summed E-state index contributed by atoms with van der Waals surface area (Å²) in [4.78, 5) is 6.62. The van der Waals surface area contributed by atoms with Gasteiger partial charge in [0, 0.05) is 24.7 Å². The quantitative estimate of drug-likeness (QED) is 0.845. The van der Waals surface area contributed by atoms with E-state index in [9.17, 15) is 0 Å². The van der Waals surface area contributed by atoms with Gasteiger partial charge in [-0.2, -0.15) is 0 Å². The van der Waals surface area contributed by atoms with Gasteiger partial charge in [-0.1, -0.05) is 36.2 Å². The van der Waals surface area contributed by atoms with Crippen molar-refractivity contribution in [1.82, 2.24) is 15.2 Å². The van der Waals surface area contributed by atoms with Crippen LogP contribution in [0.3, 0.4) is 0 Å². The molecule has 1 N–H and O–H groups in total. The first kappa shape index (κ1) is 15.0. The highest BCUT2D eigenvalue weighted by molar-refractivity contribution is 6.32. The fourth-order valence-corrected chi connectivity index (χ4v) is 3.01. The second-order valence-corrected chi connectivity index (χ2v) is 5.80. The monoisotopic (exact) mass is 301 g/mol. The molecule has 1 atom stereocenters. The summed E-state index contributed by atoms with van der Waals surface area (Å²) in [5.74, 6) is 0. The molecule has 1 aromatic rings. The molecule has 0 bridgehead atoms. The SMILES string of the molecule is CCCN(Cc1ccc(Cl)nc1Cl)C1CCCNC1. The van der Waals surface area contributed by atoms with E-state index in [1.165, 1.54) is 12.8 Å². The summed E-state index contributed by atoms with van der Waals surface area (Å²) in [6.45, 7) is 6.36. The van der Waals surface area contributed by atoms with E-state index in [-0.39, 0.29) is 0 Å². The van der Waals surface area contributed by atoms with Gasteiger partial charge in [-0.25, -0.2) is 4.98 Å². The van der Waals surface area contributed by atoms with Gasteiger partial charge in [-0.15, -0.1) is 0 Å². The third kappa shape index (κ3) is 4.32. The molecule has 5 heteroatoms. The molecule has 0 radical (unpaired) electrons. The Morgan fingerprint density at radius 1 is 1.42 bits per heavy atom. The average molecular weight is 302 g/mol.